The lowest BCUT2D eigenvalue weighted by molar-refractivity contribution is -0.442. The van der Waals surface area contributed by atoms with Crippen molar-refractivity contribution in [3.63, 3.8) is 0 Å². The standard InChI is InChI=1S/C15H18BrN5S/c1-3-9(2)13(17)14-18-19-15-21(14)20-12(8-22-15)10-4-6-11(16)7-5-10/h4-9,13,20H,3,17H2,1-2H3/p+1/t9-,13-/m0/s1. The summed E-state index contributed by atoms with van der Waals surface area (Å²) in [6.07, 6.45) is 1.07. The molecule has 0 unspecified atom stereocenters. The van der Waals surface area contributed by atoms with Crippen LogP contribution in [0.2, 0.25) is 0 Å². The van der Waals surface area contributed by atoms with Crippen LogP contribution < -0.4 is 11.2 Å². The molecule has 0 fully saturated rings. The summed E-state index contributed by atoms with van der Waals surface area (Å²) in [7, 11) is 0. The smallest absolute Gasteiger partial charge is 0.214 e. The molecule has 0 saturated heterocycles. The normalized spacial score (nSPS) is 16.5. The third kappa shape index (κ3) is 2.93. The molecule has 1 aromatic heterocycles. The van der Waals surface area contributed by atoms with Crippen LogP contribution in [0, 0.1) is 5.92 Å². The van der Waals surface area contributed by atoms with Crippen molar-refractivity contribution in [2.45, 2.75) is 31.5 Å². The Morgan fingerprint density at radius 1 is 1.32 bits per heavy atom. The molecule has 7 heteroatoms. The van der Waals surface area contributed by atoms with Gasteiger partial charge in [0.1, 0.15) is 6.04 Å². The van der Waals surface area contributed by atoms with Gasteiger partial charge in [0.25, 0.3) is 0 Å². The number of benzene rings is 1. The van der Waals surface area contributed by atoms with E-state index in [2.05, 4.69) is 68.7 Å². The maximum Gasteiger partial charge on any atom is 0.214 e. The van der Waals surface area contributed by atoms with Crippen LogP contribution in [0.5, 0.6) is 0 Å². The molecule has 0 amide bonds. The molecule has 0 saturated carbocycles. The Kier molecular flexibility index (Phi) is 4.56. The Labute approximate surface area is 142 Å². The SMILES string of the molecule is CC[C@H](C)[C@H]([NH3+])c1nnc2n1NC(c1ccc(Br)cc1)=CS2. The average Bonchev–Trinajstić information content (AvgIpc) is 2.97. The van der Waals surface area contributed by atoms with E-state index in [9.17, 15) is 0 Å². The summed E-state index contributed by atoms with van der Waals surface area (Å²) in [6, 6.07) is 8.34. The highest BCUT2D eigenvalue weighted by Gasteiger charge is 2.27. The van der Waals surface area contributed by atoms with Gasteiger partial charge in [-0.2, -0.15) is 0 Å². The van der Waals surface area contributed by atoms with Gasteiger partial charge in [0.15, 0.2) is 0 Å². The summed E-state index contributed by atoms with van der Waals surface area (Å²) in [5.74, 6) is 1.35. The van der Waals surface area contributed by atoms with Gasteiger partial charge in [-0.15, -0.1) is 10.2 Å². The van der Waals surface area contributed by atoms with E-state index in [1.54, 1.807) is 11.8 Å². The molecule has 22 heavy (non-hydrogen) atoms. The summed E-state index contributed by atoms with van der Waals surface area (Å²) >= 11 is 5.04. The Morgan fingerprint density at radius 2 is 2.05 bits per heavy atom. The Balaban J connectivity index is 1.88. The summed E-state index contributed by atoms with van der Waals surface area (Å²) in [6.45, 7) is 4.37. The predicted octanol–water partition coefficient (Wildman–Crippen LogP) is 3.02. The third-order valence-corrected chi connectivity index (χ3v) is 5.35. The molecule has 0 radical (unpaired) electrons. The summed E-state index contributed by atoms with van der Waals surface area (Å²) in [4.78, 5) is 0. The van der Waals surface area contributed by atoms with Crippen molar-refractivity contribution in [3.8, 4) is 0 Å². The fourth-order valence-electron chi connectivity index (χ4n) is 2.26. The zero-order valence-electron chi connectivity index (χ0n) is 12.6. The van der Waals surface area contributed by atoms with Crippen molar-refractivity contribution in [1.29, 1.82) is 0 Å². The minimum atomic E-state index is 0.114. The molecule has 4 N–H and O–H groups in total. The third-order valence-electron chi connectivity index (χ3n) is 3.99. The predicted molar refractivity (Wildman–Crippen MR) is 92.4 cm³/mol. The van der Waals surface area contributed by atoms with E-state index in [-0.39, 0.29) is 6.04 Å². The lowest BCUT2D eigenvalue weighted by Gasteiger charge is -2.21. The molecule has 2 aromatic rings. The Bertz CT molecular complexity index is 694. The lowest BCUT2D eigenvalue weighted by Crippen LogP contribution is -2.57. The second kappa shape index (κ2) is 6.44. The van der Waals surface area contributed by atoms with Crippen molar-refractivity contribution in [2.75, 3.05) is 5.43 Å². The van der Waals surface area contributed by atoms with Crippen molar-refractivity contribution in [1.82, 2.24) is 14.9 Å². The van der Waals surface area contributed by atoms with E-state index in [0.29, 0.717) is 5.92 Å². The van der Waals surface area contributed by atoms with E-state index < -0.39 is 0 Å². The summed E-state index contributed by atoms with van der Waals surface area (Å²) in [5.41, 5.74) is 9.86. The molecule has 3 rings (SSSR count). The second-order valence-corrected chi connectivity index (χ2v) is 7.19. The van der Waals surface area contributed by atoms with Gasteiger partial charge in [-0.1, -0.05) is 53.7 Å². The highest BCUT2D eigenvalue weighted by atomic mass is 79.9. The molecule has 1 aromatic carbocycles. The van der Waals surface area contributed by atoms with Crippen LogP contribution in [-0.4, -0.2) is 14.9 Å². The van der Waals surface area contributed by atoms with Gasteiger partial charge in [-0.25, -0.2) is 4.68 Å². The van der Waals surface area contributed by atoms with Gasteiger partial charge in [0.2, 0.25) is 11.0 Å². The fourth-order valence-corrected chi connectivity index (χ4v) is 3.27. The molecule has 0 aliphatic carbocycles. The zero-order valence-corrected chi connectivity index (χ0v) is 15.0. The Morgan fingerprint density at radius 3 is 2.73 bits per heavy atom. The molecule has 2 atom stereocenters. The number of aromatic nitrogens is 3. The number of hydrogen-bond acceptors (Lipinski definition) is 4. The summed E-state index contributed by atoms with van der Waals surface area (Å²) < 4.78 is 3.03. The Hall–Kier alpha value is -1.31. The van der Waals surface area contributed by atoms with Crippen LogP contribution in [-0.2, 0) is 0 Å². The van der Waals surface area contributed by atoms with Gasteiger partial charge in [-0.05, 0) is 18.6 Å². The van der Waals surface area contributed by atoms with Crippen molar-refractivity contribution >= 4 is 33.4 Å². The van der Waals surface area contributed by atoms with Crippen molar-refractivity contribution in [2.24, 2.45) is 5.92 Å². The van der Waals surface area contributed by atoms with Gasteiger partial charge >= 0.3 is 0 Å². The first-order chi connectivity index (χ1) is 10.6. The van der Waals surface area contributed by atoms with Gasteiger partial charge < -0.3 is 5.73 Å². The highest BCUT2D eigenvalue weighted by molar-refractivity contribution is 9.10. The second-order valence-electron chi connectivity index (χ2n) is 5.44. The van der Waals surface area contributed by atoms with E-state index in [1.165, 1.54) is 0 Å². The van der Waals surface area contributed by atoms with Crippen LogP contribution in [0.15, 0.2) is 39.3 Å². The maximum absolute atomic E-state index is 4.34. The molecular formula is C15H19BrN5S+. The van der Waals surface area contributed by atoms with Crippen LogP contribution in [0.3, 0.4) is 0 Å². The number of nitrogens with zero attached hydrogens (tertiary/aromatic N) is 3. The van der Waals surface area contributed by atoms with Gasteiger partial charge in [-0.3, -0.25) is 5.43 Å². The molecule has 0 bridgehead atoms. The number of thioether (sulfide) groups is 1. The minimum Gasteiger partial charge on any atom is -0.348 e. The largest absolute Gasteiger partial charge is 0.348 e. The number of quaternary nitrogens is 1. The number of nitrogens with one attached hydrogen (secondary N) is 1. The molecule has 1 aliphatic rings. The van der Waals surface area contributed by atoms with E-state index in [4.69, 9.17) is 0 Å². The quantitative estimate of drug-likeness (QED) is 0.854. The highest BCUT2D eigenvalue weighted by Crippen LogP contribution is 2.31. The zero-order chi connectivity index (χ0) is 15.7. The van der Waals surface area contributed by atoms with Gasteiger partial charge in [0, 0.05) is 21.4 Å². The number of hydrogen-bond donors (Lipinski definition) is 2. The monoisotopic (exact) mass is 380 g/mol. The van der Waals surface area contributed by atoms with Crippen LogP contribution in [0.25, 0.3) is 5.70 Å². The van der Waals surface area contributed by atoms with E-state index in [1.807, 2.05) is 16.8 Å². The fraction of sp³-hybridized carbons (Fsp3) is 0.333. The first-order valence-corrected chi connectivity index (χ1v) is 8.95. The topological polar surface area (TPSA) is 70.4 Å². The van der Waals surface area contributed by atoms with Crippen molar-refractivity contribution in [3.05, 3.63) is 45.5 Å². The molecule has 5 nitrogen and oxygen atoms in total. The van der Waals surface area contributed by atoms with E-state index >= 15 is 0 Å². The molecule has 1 aliphatic heterocycles. The minimum absolute atomic E-state index is 0.114. The van der Waals surface area contributed by atoms with Crippen molar-refractivity contribution < 1.29 is 5.73 Å². The molecule has 116 valence electrons. The molecular weight excluding hydrogens is 362 g/mol. The molecule has 2 heterocycles. The van der Waals surface area contributed by atoms with E-state index in [0.717, 1.165) is 33.1 Å². The van der Waals surface area contributed by atoms with Crippen LogP contribution in [0.4, 0.5) is 0 Å². The van der Waals surface area contributed by atoms with Crippen LogP contribution >= 0.6 is 27.7 Å². The van der Waals surface area contributed by atoms with Crippen LogP contribution in [0.1, 0.15) is 37.7 Å². The first-order valence-electron chi connectivity index (χ1n) is 7.28. The first kappa shape index (κ1) is 15.6. The average molecular weight is 381 g/mol. The maximum atomic E-state index is 4.34. The lowest BCUT2D eigenvalue weighted by atomic mass is 10.00. The number of halogens is 1. The van der Waals surface area contributed by atoms with Gasteiger partial charge in [0.05, 0.1) is 5.70 Å². The summed E-state index contributed by atoms with van der Waals surface area (Å²) in [5, 5.41) is 11.5. The molecule has 0 spiro atoms. The number of rotatable bonds is 4. The number of fused-ring (bicyclic) bond motifs is 1.